The van der Waals surface area contributed by atoms with Gasteiger partial charge in [-0.25, -0.2) is 0 Å². The molecule has 0 radical (unpaired) electrons. The second kappa shape index (κ2) is 2.75. The van der Waals surface area contributed by atoms with Crippen LogP contribution < -0.4 is 5.32 Å². The van der Waals surface area contributed by atoms with E-state index in [1.807, 2.05) is 6.07 Å². The van der Waals surface area contributed by atoms with E-state index < -0.39 is 0 Å². The van der Waals surface area contributed by atoms with Gasteiger partial charge in [0.2, 0.25) is 0 Å². The molecule has 3 nitrogen and oxygen atoms in total. The van der Waals surface area contributed by atoms with Crippen LogP contribution in [-0.2, 0) is 6.54 Å². The Kier molecular flexibility index (Phi) is 1.71. The standard InChI is InChI=1S/C9H5ClN2O/c10-8-5(3-11)1-2-6-4-12-9(13)7(6)8/h1-2H,4H2,(H,12,13). The number of rotatable bonds is 0. The van der Waals surface area contributed by atoms with Crippen LogP contribution in [0.25, 0.3) is 0 Å². The van der Waals surface area contributed by atoms with Gasteiger partial charge in [-0.3, -0.25) is 4.79 Å². The van der Waals surface area contributed by atoms with Crippen LogP contribution in [0.15, 0.2) is 12.1 Å². The molecule has 0 aliphatic carbocycles. The van der Waals surface area contributed by atoms with Crippen LogP contribution in [0, 0.1) is 11.3 Å². The molecule has 0 saturated heterocycles. The van der Waals surface area contributed by atoms with Crippen molar-refractivity contribution in [2.45, 2.75) is 6.54 Å². The van der Waals surface area contributed by atoms with Crippen molar-refractivity contribution in [3.63, 3.8) is 0 Å². The van der Waals surface area contributed by atoms with Gasteiger partial charge in [-0.1, -0.05) is 17.7 Å². The van der Waals surface area contributed by atoms with E-state index in [2.05, 4.69) is 5.32 Å². The zero-order valence-corrected chi connectivity index (χ0v) is 7.35. The summed E-state index contributed by atoms with van der Waals surface area (Å²) >= 11 is 5.87. The van der Waals surface area contributed by atoms with Gasteiger partial charge >= 0.3 is 0 Å². The van der Waals surface area contributed by atoms with E-state index in [0.29, 0.717) is 17.7 Å². The number of halogens is 1. The van der Waals surface area contributed by atoms with Crippen molar-refractivity contribution in [1.29, 1.82) is 5.26 Å². The summed E-state index contributed by atoms with van der Waals surface area (Å²) in [6, 6.07) is 5.31. The Balaban J connectivity index is 2.71. The Morgan fingerprint density at radius 1 is 1.54 bits per heavy atom. The lowest BCUT2D eigenvalue weighted by molar-refractivity contribution is 0.0966. The lowest BCUT2D eigenvalue weighted by Gasteiger charge is -1.99. The monoisotopic (exact) mass is 192 g/mol. The average Bonchev–Trinajstić information content (AvgIpc) is 2.49. The molecule has 0 unspecified atom stereocenters. The number of hydrogen-bond acceptors (Lipinski definition) is 2. The molecule has 0 spiro atoms. The maximum atomic E-state index is 11.2. The minimum absolute atomic E-state index is 0.197. The molecule has 1 aliphatic heterocycles. The number of hydrogen-bond donors (Lipinski definition) is 1. The molecule has 0 bridgehead atoms. The summed E-state index contributed by atoms with van der Waals surface area (Å²) < 4.78 is 0. The minimum Gasteiger partial charge on any atom is -0.348 e. The fourth-order valence-electron chi connectivity index (χ4n) is 1.36. The highest BCUT2D eigenvalue weighted by Gasteiger charge is 2.23. The fourth-order valence-corrected chi connectivity index (χ4v) is 1.67. The highest BCUT2D eigenvalue weighted by atomic mass is 35.5. The first-order valence-electron chi connectivity index (χ1n) is 3.73. The summed E-state index contributed by atoms with van der Waals surface area (Å²) in [5.74, 6) is -0.197. The third-order valence-electron chi connectivity index (χ3n) is 2.02. The number of carbonyl (C=O) groups is 1. The Labute approximate surface area is 79.9 Å². The zero-order chi connectivity index (χ0) is 9.42. The number of nitriles is 1. The summed E-state index contributed by atoms with van der Waals surface area (Å²) in [5.41, 5.74) is 1.65. The number of amides is 1. The molecule has 0 fully saturated rings. The number of nitrogens with zero attached hydrogens (tertiary/aromatic N) is 1. The van der Waals surface area contributed by atoms with Gasteiger partial charge in [-0.05, 0) is 11.6 Å². The molecule has 1 aromatic carbocycles. The highest BCUT2D eigenvalue weighted by molar-refractivity contribution is 6.35. The highest BCUT2D eigenvalue weighted by Crippen LogP contribution is 2.27. The molecular weight excluding hydrogens is 188 g/mol. The number of carbonyl (C=O) groups excluding carboxylic acids is 1. The van der Waals surface area contributed by atoms with Crippen molar-refractivity contribution in [3.05, 3.63) is 33.8 Å². The van der Waals surface area contributed by atoms with Crippen LogP contribution in [0.4, 0.5) is 0 Å². The van der Waals surface area contributed by atoms with Gasteiger partial charge < -0.3 is 5.32 Å². The maximum Gasteiger partial charge on any atom is 0.253 e. The van der Waals surface area contributed by atoms with Gasteiger partial charge in [0.1, 0.15) is 6.07 Å². The SMILES string of the molecule is N#Cc1ccc2c(c1Cl)C(=O)NC2. The predicted molar refractivity (Wildman–Crippen MR) is 47.3 cm³/mol. The Morgan fingerprint density at radius 3 is 3.00 bits per heavy atom. The van der Waals surface area contributed by atoms with Gasteiger partial charge in [-0.15, -0.1) is 0 Å². The molecule has 64 valence electrons. The van der Waals surface area contributed by atoms with Crippen LogP contribution >= 0.6 is 11.6 Å². The molecule has 1 aliphatic rings. The first kappa shape index (κ1) is 8.09. The van der Waals surface area contributed by atoms with E-state index >= 15 is 0 Å². The van der Waals surface area contributed by atoms with Crippen LogP contribution in [0.3, 0.4) is 0 Å². The molecule has 1 N–H and O–H groups in total. The fraction of sp³-hybridized carbons (Fsp3) is 0.111. The second-order valence-electron chi connectivity index (χ2n) is 2.76. The lowest BCUT2D eigenvalue weighted by atomic mass is 10.1. The second-order valence-corrected chi connectivity index (χ2v) is 3.13. The van der Waals surface area contributed by atoms with Gasteiger partial charge in [0, 0.05) is 6.54 Å². The molecular formula is C9H5ClN2O. The van der Waals surface area contributed by atoms with Gasteiger partial charge in [0.05, 0.1) is 16.1 Å². The first-order chi connectivity index (χ1) is 6.24. The van der Waals surface area contributed by atoms with Crippen LogP contribution in [0.5, 0.6) is 0 Å². The van der Waals surface area contributed by atoms with Crippen molar-refractivity contribution < 1.29 is 4.79 Å². The molecule has 13 heavy (non-hydrogen) atoms. The van der Waals surface area contributed by atoms with Gasteiger partial charge in [0.25, 0.3) is 5.91 Å². The smallest absolute Gasteiger partial charge is 0.253 e. The number of benzene rings is 1. The van der Waals surface area contributed by atoms with Crippen molar-refractivity contribution in [1.82, 2.24) is 5.32 Å². The third-order valence-corrected chi connectivity index (χ3v) is 2.41. The van der Waals surface area contributed by atoms with E-state index in [1.165, 1.54) is 0 Å². The molecule has 1 amide bonds. The number of nitrogens with one attached hydrogen (secondary N) is 1. The maximum absolute atomic E-state index is 11.2. The normalized spacial score (nSPS) is 13.4. The summed E-state index contributed by atoms with van der Waals surface area (Å²) in [4.78, 5) is 11.2. The minimum atomic E-state index is -0.197. The van der Waals surface area contributed by atoms with E-state index in [-0.39, 0.29) is 10.9 Å². The van der Waals surface area contributed by atoms with E-state index in [1.54, 1.807) is 12.1 Å². The van der Waals surface area contributed by atoms with Gasteiger partial charge in [0.15, 0.2) is 0 Å². The van der Waals surface area contributed by atoms with E-state index in [4.69, 9.17) is 16.9 Å². The van der Waals surface area contributed by atoms with Crippen molar-refractivity contribution in [2.75, 3.05) is 0 Å². The van der Waals surface area contributed by atoms with Crippen molar-refractivity contribution in [2.24, 2.45) is 0 Å². The number of fused-ring (bicyclic) bond motifs is 1. The summed E-state index contributed by atoms with van der Waals surface area (Å²) in [7, 11) is 0. The topological polar surface area (TPSA) is 52.9 Å². The average molecular weight is 193 g/mol. The Bertz CT molecular complexity index is 434. The largest absolute Gasteiger partial charge is 0.348 e. The third kappa shape index (κ3) is 1.07. The molecule has 0 saturated carbocycles. The predicted octanol–water partition coefficient (Wildman–Crippen LogP) is 1.46. The molecule has 0 atom stereocenters. The van der Waals surface area contributed by atoms with Crippen molar-refractivity contribution >= 4 is 17.5 Å². The lowest BCUT2D eigenvalue weighted by Crippen LogP contribution is -2.12. The van der Waals surface area contributed by atoms with E-state index in [9.17, 15) is 4.79 Å². The molecule has 0 aromatic heterocycles. The molecule has 2 rings (SSSR count). The van der Waals surface area contributed by atoms with Gasteiger partial charge in [-0.2, -0.15) is 5.26 Å². The first-order valence-corrected chi connectivity index (χ1v) is 4.11. The molecule has 1 aromatic rings. The van der Waals surface area contributed by atoms with Crippen LogP contribution in [0.1, 0.15) is 21.5 Å². The van der Waals surface area contributed by atoms with Crippen LogP contribution in [-0.4, -0.2) is 5.91 Å². The van der Waals surface area contributed by atoms with E-state index in [0.717, 1.165) is 5.56 Å². The van der Waals surface area contributed by atoms with Crippen LogP contribution in [0.2, 0.25) is 5.02 Å². The Morgan fingerprint density at radius 2 is 2.31 bits per heavy atom. The Hall–Kier alpha value is -1.53. The summed E-state index contributed by atoms with van der Waals surface area (Å²) in [6.45, 7) is 0.500. The molecule has 1 heterocycles. The quantitative estimate of drug-likeness (QED) is 0.677. The zero-order valence-electron chi connectivity index (χ0n) is 6.60. The molecule has 4 heteroatoms. The summed E-state index contributed by atoms with van der Waals surface area (Å²) in [6.07, 6.45) is 0. The van der Waals surface area contributed by atoms with Crippen molar-refractivity contribution in [3.8, 4) is 6.07 Å². The summed E-state index contributed by atoms with van der Waals surface area (Å²) in [5, 5.41) is 11.6.